The molecule has 1 aliphatic carbocycles. The maximum atomic E-state index is 10.4. The van der Waals surface area contributed by atoms with E-state index in [1.165, 1.54) is 4.88 Å². The molecule has 20 heavy (non-hydrogen) atoms. The number of aromatic nitrogens is 2. The van der Waals surface area contributed by atoms with E-state index in [0.717, 1.165) is 48.1 Å². The van der Waals surface area contributed by atoms with Crippen LogP contribution in [0, 0.1) is 0 Å². The van der Waals surface area contributed by atoms with Crippen LogP contribution in [0.3, 0.4) is 0 Å². The van der Waals surface area contributed by atoms with E-state index >= 15 is 0 Å². The van der Waals surface area contributed by atoms with Gasteiger partial charge >= 0.3 is 0 Å². The number of hydrogen-bond acceptors (Lipinski definition) is 5. The first-order valence-electron chi connectivity index (χ1n) is 7.02. The van der Waals surface area contributed by atoms with Crippen LogP contribution in [0.2, 0.25) is 5.28 Å². The van der Waals surface area contributed by atoms with Crippen molar-refractivity contribution >= 4 is 39.0 Å². The number of halogens is 1. The summed E-state index contributed by atoms with van der Waals surface area (Å²) in [6.45, 7) is 2.64. The molecule has 108 valence electrons. The molecule has 1 aliphatic rings. The summed E-state index contributed by atoms with van der Waals surface area (Å²) in [6.07, 6.45) is 4.87. The minimum absolute atomic E-state index is 0.253. The highest BCUT2D eigenvalue weighted by Gasteiger charge is 2.31. The molecular formula is C14H18ClN3OS. The third-order valence-corrected chi connectivity index (χ3v) is 5.23. The van der Waals surface area contributed by atoms with Gasteiger partial charge in [-0.2, -0.15) is 0 Å². The molecule has 3 rings (SSSR count). The molecule has 2 N–H and O–H groups in total. The van der Waals surface area contributed by atoms with Crippen molar-refractivity contribution in [3.05, 3.63) is 16.2 Å². The standard InChI is InChI=1S/C14H18ClN3OS/c1-2-9-7-10-11(17-13(15)18-12(10)20-9)16-8-14(19)5-3-4-6-14/h7,19H,2-6,8H2,1H3,(H,16,17,18). The predicted octanol–water partition coefficient (Wildman–Crippen LogP) is 3.62. The topological polar surface area (TPSA) is 58.0 Å². The highest BCUT2D eigenvalue weighted by atomic mass is 35.5. The largest absolute Gasteiger partial charge is 0.388 e. The van der Waals surface area contributed by atoms with E-state index in [1.54, 1.807) is 11.3 Å². The fourth-order valence-corrected chi connectivity index (χ4v) is 3.90. The first-order valence-corrected chi connectivity index (χ1v) is 8.21. The monoisotopic (exact) mass is 311 g/mol. The van der Waals surface area contributed by atoms with Crippen molar-refractivity contribution in [3.63, 3.8) is 0 Å². The lowest BCUT2D eigenvalue weighted by Gasteiger charge is -2.22. The Balaban J connectivity index is 1.88. The summed E-state index contributed by atoms with van der Waals surface area (Å²) < 4.78 is 0. The van der Waals surface area contributed by atoms with Gasteiger partial charge in [-0.15, -0.1) is 11.3 Å². The third kappa shape index (κ3) is 2.75. The highest BCUT2D eigenvalue weighted by molar-refractivity contribution is 7.18. The van der Waals surface area contributed by atoms with Crippen molar-refractivity contribution < 1.29 is 5.11 Å². The first-order chi connectivity index (χ1) is 9.59. The Morgan fingerprint density at radius 2 is 2.15 bits per heavy atom. The molecule has 0 spiro atoms. The van der Waals surface area contributed by atoms with E-state index in [1.807, 2.05) is 0 Å². The van der Waals surface area contributed by atoms with Gasteiger partial charge in [-0.05, 0) is 36.9 Å². The molecule has 0 bridgehead atoms. The molecule has 1 saturated carbocycles. The van der Waals surface area contributed by atoms with Crippen molar-refractivity contribution in [1.82, 2.24) is 9.97 Å². The Morgan fingerprint density at radius 1 is 1.40 bits per heavy atom. The van der Waals surface area contributed by atoms with Crippen LogP contribution in [0.1, 0.15) is 37.5 Å². The number of aliphatic hydroxyl groups is 1. The zero-order chi connectivity index (χ0) is 14.2. The van der Waals surface area contributed by atoms with Crippen LogP contribution in [-0.2, 0) is 6.42 Å². The van der Waals surface area contributed by atoms with Crippen LogP contribution < -0.4 is 5.32 Å². The average molecular weight is 312 g/mol. The number of rotatable bonds is 4. The van der Waals surface area contributed by atoms with Gasteiger partial charge in [0.25, 0.3) is 0 Å². The van der Waals surface area contributed by atoms with Gasteiger partial charge in [0.05, 0.1) is 11.0 Å². The summed E-state index contributed by atoms with van der Waals surface area (Å²) in [5.41, 5.74) is -0.604. The molecule has 0 unspecified atom stereocenters. The quantitative estimate of drug-likeness (QED) is 0.847. The Bertz CT molecular complexity index is 622. The summed E-state index contributed by atoms with van der Waals surface area (Å²) in [4.78, 5) is 10.7. The second-order valence-electron chi connectivity index (χ2n) is 5.41. The van der Waals surface area contributed by atoms with E-state index in [-0.39, 0.29) is 5.28 Å². The molecule has 0 saturated heterocycles. The second kappa shape index (κ2) is 5.47. The molecule has 6 heteroatoms. The maximum absolute atomic E-state index is 10.4. The van der Waals surface area contributed by atoms with Gasteiger partial charge in [0, 0.05) is 11.4 Å². The molecule has 2 aromatic rings. The van der Waals surface area contributed by atoms with Crippen LogP contribution >= 0.6 is 22.9 Å². The lowest BCUT2D eigenvalue weighted by Crippen LogP contribution is -2.33. The number of hydrogen-bond donors (Lipinski definition) is 2. The summed E-state index contributed by atoms with van der Waals surface area (Å²) in [5.74, 6) is 0.733. The van der Waals surface area contributed by atoms with Gasteiger partial charge in [0.15, 0.2) is 0 Å². The molecule has 0 radical (unpaired) electrons. The van der Waals surface area contributed by atoms with Gasteiger partial charge in [-0.1, -0.05) is 19.8 Å². The van der Waals surface area contributed by atoms with Crippen LogP contribution in [0.15, 0.2) is 6.07 Å². The highest BCUT2D eigenvalue weighted by Crippen LogP contribution is 2.33. The third-order valence-electron chi connectivity index (χ3n) is 3.88. The molecular weight excluding hydrogens is 294 g/mol. The zero-order valence-corrected chi connectivity index (χ0v) is 13.0. The summed E-state index contributed by atoms with van der Waals surface area (Å²) in [5, 5.41) is 14.9. The molecule has 0 aromatic carbocycles. The lowest BCUT2D eigenvalue weighted by molar-refractivity contribution is 0.0614. The second-order valence-corrected chi connectivity index (χ2v) is 6.86. The van der Waals surface area contributed by atoms with Crippen molar-refractivity contribution in [2.45, 2.75) is 44.6 Å². The summed E-state index contributed by atoms with van der Waals surface area (Å²) in [6, 6.07) is 2.11. The molecule has 2 aromatic heterocycles. The van der Waals surface area contributed by atoms with E-state index in [0.29, 0.717) is 6.54 Å². The smallest absolute Gasteiger partial charge is 0.225 e. The first kappa shape index (κ1) is 14.0. The van der Waals surface area contributed by atoms with Crippen LogP contribution in [0.5, 0.6) is 0 Å². The Hall–Kier alpha value is -0.910. The maximum Gasteiger partial charge on any atom is 0.225 e. The van der Waals surface area contributed by atoms with E-state index in [2.05, 4.69) is 28.3 Å². The van der Waals surface area contributed by atoms with Crippen molar-refractivity contribution in [2.75, 3.05) is 11.9 Å². The van der Waals surface area contributed by atoms with Crippen molar-refractivity contribution in [2.24, 2.45) is 0 Å². The van der Waals surface area contributed by atoms with Gasteiger partial charge < -0.3 is 10.4 Å². The molecule has 0 aliphatic heterocycles. The number of aryl methyl sites for hydroxylation is 1. The van der Waals surface area contributed by atoms with Crippen LogP contribution in [-0.4, -0.2) is 27.2 Å². The fraction of sp³-hybridized carbons (Fsp3) is 0.571. The number of fused-ring (bicyclic) bond motifs is 1. The average Bonchev–Trinajstić information content (AvgIpc) is 3.02. The Morgan fingerprint density at radius 3 is 2.85 bits per heavy atom. The van der Waals surface area contributed by atoms with Crippen molar-refractivity contribution in [1.29, 1.82) is 0 Å². The predicted molar refractivity (Wildman–Crippen MR) is 83.7 cm³/mol. The number of anilines is 1. The van der Waals surface area contributed by atoms with Crippen LogP contribution in [0.25, 0.3) is 10.2 Å². The van der Waals surface area contributed by atoms with Gasteiger partial charge in [0.1, 0.15) is 10.6 Å². The normalized spacial score (nSPS) is 17.8. The minimum Gasteiger partial charge on any atom is -0.388 e. The molecule has 2 heterocycles. The Kier molecular flexibility index (Phi) is 3.84. The number of nitrogens with one attached hydrogen (secondary N) is 1. The molecule has 4 nitrogen and oxygen atoms in total. The van der Waals surface area contributed by atoms with E-state index in [4.69, 9.17) is 11.6 Å². The number of nitrogens with zero attached hydrogens (tertiary/aromatic N) is 2. The van der Waals surface area contributed by atoms with E-state index < -0.39 is 5.60 Å². The number of thiophene rings is 1. The lowest BCUT2D eigenvalue weighted by atomic mass is 10.0. The van der Waals surface area contributed by atoms with Crippen LogP contribution in [0.4, 0.5) is 5.82 Å². The summed E-state index contributed by atoms with van der Waals surface area (Å²) >= 11 is 7.63. The van der Waals surface area contributed by atoms with Crippen molar-refractivity contribution in [3.8, 4) is 0 Å². The summed E-state index contributed by atoms with van der Waals surface area (Å²) in [7, 11) is 0. The fourth-order valence-electron chi connectivity index (χ4n) is 2.71. The van der Waals surface area contributed by atoms with E-state index in [9.17, 15) is 5.11 Å². The Labute approximate surface area is 127 Å². The van der Waals surface area contributed by atoms with Gasteiger partial charge in [-0.3, -0.25) is 0 Å². The van der Waals surface area contributed by atoms with Gasteiger partial charge in [0.2, 0.25) is 5.28 Å². The molecule has 0 atom stereocenters. The molecule has 1 fully saturated rings. The molecule has 0 amide bonds. The van der Waals surface area contributed by atoms with Gasteiger partial charge in [-0.25, -0.2) is 9.97 Å². The minimum atomic E-state index is -0.604. The SMILES string of the molecule is CCc1cc2c(NCC3(O)CCCC3)nc(Cl)nc2s1. The zero-order valence-electron chi connectivity index (χ0n) is 11.4.